The van der Waals surface area contributed by atoms with Crippen LogP contribution in [0.15, 0.2) is 140 Å². The Balaban J connectivity index is 1.26. The molecule has 0 saturated carbocycles. The van der Waals surface area contributed by atoms with Crippen molar-refractivity contribution in [1.29, 1.82) is 10.8 Å². The summed E-state index contributed by atoms with van der Waals surface area (Å²) in [4.78, 5) is 10.2. The van der Waals surface area contributed by atoms with Crippen LogP contribution in [-0.4, -0.2) is 21.4 Å². The Hall–Kier alpha value is -6.00. The second-order valence-corrected chi connectivity index (χ2v) is 11.0. The molecule has 0 unspecified atom stereocenters. The van der Waals surface area contributed by atoms with E-state index in [1.54, 1.807) is 6.08 Å². The van der Waals surface area contributed by atoms with Crippen LogP contribution in [0.1, 0.15) is 11.1 Å². The Morgan fingerprint density at radius 1 is 0.477 bits per heavy atom. The lowest BCUT2D eigenvalue weighted by molar-refractivity contribution is 1.23. The number of hydrogen-bond donors (Lipinski definition) is 2. The van der Waals surface area contributed by atoms with E-state index < -0.39 is 0 Å². The molecular weight excluding hydrogens is 536 g/mol. The monoisotopic (exact) mass is 562 g/mol. The van der Waals surface area contributed by atoms with Crippen LogP contribution < -0.4 is 0 Å². The summed E-state index contributed by atoms with van der Waals surface area (Å²) in [6.07, 6.45) is 3.61. The number of para-hydroxylation sites is 1. The molecule has 0 aliphatic heterocycles. The predicted molar refractivity (Wildman–Crippen MR) is 182 cm³/mol. The first-order chi connectivity index (χ1) is 21.6. The van der Waals surface area contributed by atoms with Gasteiger partial charge in [-0.3, -0.25) is 10.8 Å². The van der Waals surface area contributed by atoms with Gasteiger partial charge < -0.3 is 0 Å². The van der Waals surface area contributed by atoms with Gasteiger partial charge in [0.05, 0.1) is 22.6 Å². The molecule has 0 bridgehead atoms. The van der Waals surface area contributed by atoms with E-state index in [0.29, 0.717) is 5.82 Å². The maximum atomic E-state index is 8.54. The standard InChI is InChI=1S/C40H26N4/c41-35-23-21-27-16-19-30-24-29(20-22-32(30)37(27)38(35)42)31-10-4-5-11-33(31)40-43-36-13-7-6-12-34(36)39(44-40)28-17-14-26(15-18-28)25-8-2-1-3-9-25/h1-24,41-42H. The van der Waals surface area contributed by atoms with Crippen molar-refractivity contribution < 1.29 is 0 Å². The Morgan fingerprint density at radius 2 is 1.16 bits per heavy atom. The van der Waals surface area contributed by atoms with Gasteiger partial charge in [0.2, 0.25) is 0 Å². The third-order valence-corrected chi connectivity index (χ3v) is 8.35. The van der Waals surface area contributed by atoms with Gasteiger partial charge in [-0.1, -0.05) is 127 Å². The molecule has 0 spiro atoms. The fraction of sp³-hybridized carbons (Fsp3) is 0. The van der Waals surface area contributed by atoms with Crippen LogP contribution in [0, 0.1) is 10.8 Å². The molecule has 0 saturated heterocycles. The van der Waals surface area contributed by atoms with Crippen molar-refractivity contribution in [3.63, 3.8) is 0 Å². The minimum Gasteiger partial charge on any atom is -0.299 e. The highest BCUT2D eigenvalue weighted by molar-refractivity contribution is 6.53. The van der Waals surface area contributed by atoms with Crippen LogP contribution in [-0.2, 0) is 0 Å². The zero-order valence-corrected chi connectivity index (χ0v) is 23.8. The molecule has 1 heterocycles. The van der Waals surface area contributed by atoms with E-state index in [0.717, 1.165) is 60.8 Å². The van der Waals surface area contributed by atoms with Crippen LogP contribution in [0.3, 0.4) is 0 Å². The first kappa shape index (κ1) is 25.7. The Labute approximate surface area is 255 Å². The van der Waals surface area contributed by atoms with E-state index in [9.17, 15) is 0 Å². The number of hydrogen-bond acceptors (Lipinski definition) is 4. The molecule has 1 aliphatic rings. The normalized spacial score (nSPS) is 12.5. The van der Waals surface area contributed by atoms with Crippen molar-refractivity contribution in [1.82, 2.24) is 9.97 Å². The first-order valence-corrected chi connectivity index (χ1v) is 14.6. The fourth-order valence-electron chi connectivity index (χ4n) is 6.12. The molecule has 0 radical (unpaired) electrons. The lowest BCUT2D eigenvalue weighted by Crippen LogP contribution is -2.16. The van der Waals surface area contributed by atoms with Gasteiger partial charge in [0.15, 0.2) is 5.82 Å². The highest BCUT2D eigenvalue weighted by Crippen LogP contribution is 2.37. The third kappa shape index (κ3) is 4.32. The van der Waals surface area contributed by atoms with Crippen molar-refractivity contribution in [2.45, 2.75) is 0 Å². The van der Waals surface area contributed by atoms with Gasteiger partial charge >= 0.3 is 0 Å². The summed E-state index contributed by atoms with van der Waals surface area (Å²) in [7, 11) is 0. The van der Waals surface area contributed by atoms with Crippen molar-refractivity contribution >= 4 is 39.2 Å². The fourth-order valence-corrected chi connectivity index (χ4v) is 6.12. The summed E-state index contributed by atoms with van der Waals surface area (Å²) in [5.74, 6) is 0.673. The number of nitrogens with one attached hydrogen (secondary N) is 2. The maximum Gasteiger partial charge on any atom is 0.161 e. The van der Waals surface area contributed by atoms with Crippen molar-refractivity contribution in [3.8, 4) is 44.9 Å². The predicted octanol–water partition coefficient (Wildman–Crippen LogP) is 9.87. The van der Waals surface area contributed by atoms with Crippen molar-refractivity contribution in [2.24, 2.45) is 0 Å². The number of allylic oxidation sites excluding steroid dienone is 1. The molecule has 4 heteroatoms. The van der Waals surface area contributed by atoms with Gasteiger partial charge in [-0.2, -0.15) is 0 Å². The molecule has 44 heavy (non-hydrogen) atoms. The van der Waals surface area contributed by atoms with Crippen LogP contribution in [0.4, 0.5) is 0 Å². The van der Waals surface area contributed by atoms with Crippen LogP contribution in [0.2, 0.25) is 0 Å². The van der Waals surface area contributed by atoms with E-state index in [2.05, 4.69) is 91.0 Å². The molecule has 8 rings (SSSR count). The Bertz CT molecular complexity index is 2300. The number of aromatic nitrogens is 2. The van der Waals surface area contributed by atoms with E-state index in [1.807, 2.05) is 48.5 Å². The number of benzene rings is 6. The molecule has 7 aromatic rings. The van der Waals surface area contributed by atoms with E-state index >= 15 is 0 Å². The number of fused-ring (bicyclic) bond motifs is 4. The SMILES string of the molecule is N=C1C=Cc2ccc3cc(-c4ccccc4-c4nc(-c5ccc(-c6ccccc6)cc5)c5ccccc5n4)ccc3c2C1=N. The summed E-state index contributed by atoms with van der Waals surface area (Å²) in [6.45, 7) is 0. The molecule has 0 atom stereocenters. The molecular formula is C40H26N4. The topological polar surface area (TPSA) is 73.5 Å². The zero-order valence-electron chi connectivity index (χ0n) is 23.8. The average Bonchev–Trinajstić information content (AvgIpc) is 3.09. The van der Waals surface area contributed by atoms with Crippen LogP contribution in [0.5, 0.6) is 0 Å². The average molecular weight is 563 g/mol. The highest BCUT2D eigenvalue weighted by Gasteiger charge is 2.19. The number of nitrogens with zero attached hydrogens (tertiary/aromatic N) is 2. The summed E-state index contributed by atoms with van der Waals surface area (Å²) in [6, 6.07) is 45.9. The van der Waals surface area contributed by atoms with E-state index in [1.165, 1.54) is 11.1 Å². The first-order valence-electron chi connectivity index (χ1n) is 14.6. The van der Waals surface area contributed by atoms with Crippen molar-refractivity contribution in [2.75, 3.05) is 0 Å². The minimum atomic E-state index is 0.235. The molecule has 4 nitrogen and oxygen atoms in total. The smallest absolute Gasteiger partial charge is 0.161 e. The Morgan fingerprint density at radius 3 is 2.00 bits per heavy atom. The summed E-state index contributed by atoms with van der Waals surface area (Å²) in [5.41, 5.74) is 10.5. The lowest BCUT2D eigenvalue weighted by Gasteiger charge is -2.17. The Kier molecular flexibility index (Phi) is 6.05. The largest absolute Gasteiger partial charge is 0.299 e. The molecule has 1 aliphatic carbocycles. The van der Waals surface area contributed by atoms with Crippen LogP contribution in [0.25, 0.3) is 72.7 Å². The second-order valence-electron chi connectivity index (χ2n) is 11.0. The molecule has 1 aromatic heterocycles. The van der Waals surface area contributed by atoms with Gasteiger partial charge in [-0.25, -0.2) is 9.97 Å². The highest BCUT2D eigenvalue weighted by atomic mass is 14.9. The van der Waals surface area contributed by atoms with Gasteiger partial charge in [-0.05, 0) is 56.8 Å². The lowest BCUT2D eigenvalue weighted by atomic mass is 9.88. The molecule has 0 fully saturated rings. The van der Waals surface area contributed by atoms with Gasteiger partial charge in [-0.15, -0.1) is 0 Å². The van der Waals surface area contributed by atoms with Gasteiger partial charge in [0.25, 0.3) is 0 Å². The summed E-state index contributed by atoms with van der Waals surface area (Å²) >= 11 is 0. The molecule has 0 amide bonds. The van der Waals surface area contributed by atoms with Gasteiger partial charge in [0, 0.05) is 22.1 Å². The maximum absolute atomic E-state index is 8.54. The zero-order chi connectivity index (χ0) is 29.6. The van der Waals surface area contributed by atoms with Crippen molar-refractivity contribution in [3.05, 3.63) is 151 Å². The van der Waals surface area contributed by atoms with Crippen LogP contribution >= 0.6 is 0 Å². The van der Waals surface area contributed by atoms with E-state index in [4.69, 9.17) is 20.8 Å². The molecule has 206 valence electrons. The molecule has 6 aromatic carbocycles. The minimum absolute atomic E-state index is 0.235. The molecule has 2 N–H and O–H groups in total. The van der Waals surface area contributed by atoms with E-state index in [-0.39, 0.29) is 11.4 Å². The second kappa shape index (κ2) is 10.4. The quantitative estimate of drug-likeness (QED) is 0.224. The summed E-state index contributed by atoms with van der Waals surface area (Å²) < 4.78 is 0. The third-order valence-electron chi connectivity index (χ3n) is 8.35. The summed E-state index contributed by atoms with van der Waals surface area (Å²) in [5, 5.41) is 19.7. The number of rotatable bonds is 4. The van der Waals surface area contributed by atoms with Gasteiger partial charge in [0.1, 0.15) is 0 Å².